The van der Waals surface area contributed by atoms with Crippen LogP contribution in [0.4, 0.5) is 4.79 Å². The molecule has 3 N–H and O–H groups in total. The summed E-state index contributed by atoms with van der Waals surface area (Å²) in [7, 11) is 1.28. The number of urea groups is 1. The van der Waals surface area contributed by atoms with Crippen LogP contribution in [0.3, 0.4) is 0 Å². The average Bonchev–Trinajstić information content (AvgIpc) is 2.40. The summed E-state index contributed by atoms with van der Waals surface area (Å²) in [5, 5.41) is 13.7. The lowest BCUT2D eigenvalue weighted by Crippen LogP contribution is -2.43. The van der Waals surface area contributed by atoms with Gasteiger partial charge >= 0.3 is 12.0 Å². The molecule has 2 amide bonds. The van der Waals surface area contributed by atoms with E-state index in [1.165, 1.54) is 7.11 Å². The first-order valence-corrected chi connectivity index (χ1v) is 5.80. The average molecular weight is 267 g/mol. The van der Waals surface area contributed by atoms with Crippen LogP contribution in [0.25, 0.3) is 0 Å². The van der Waals surface area contributed by atoms with Crippen LogP contribution in [-0.4, -0.2) is 48.4 Å². The highest BCUT2D eigenvalue weighted by molar-refractivity contribution is 5.76. The molecule has 104 valence electrons. The second-order valence-electron chi connectivity index (χ2n) is 3.77. The summed E-state index contributed by atoms with van der Waals surface area (Å²) < 4.78 is 4.68. The van der Waals surface area contributed by atoms with Crippen LogP contribution in [0.2, 0.25) is 0 Å². The summed E-state index contributed by atoms with van der Waals surface area (Å²) in [4.78, 5) is 26.1. The number of aromatic nitrogens is 1. The Balaban J connectivity index is 2.19. The molecule has 19 heavy (non-hydrogen) atoms. The maximum absolute atomic E-state index is 11.4. The first-order chi connectivity index (χ1) is 9.13. The Bertz CT molecular complexity index is 411. The number of hydrogen-bond acceptors (Lipinski definition) is 4. The molecule has 0 aliphatic heterocycles. The van der Waals surface area contributed by atoms with Gasteiger partial charge in [-0.2, -0.15) is 0 Å². The normalized spacial score (nSPS) is 11.6. The predicted octanol–water partition coefficient (Wildman–Crippen LogP) is 0.0229. The molecule has 0 saturated heterocycles. The van der Waals surface area contributed by atoms with E-state index >= 15 is 0 Å². The first-order valence-electron chi connectivity index (χ1n) is 5.80. The number of rotatable bonds is 7. The van der Waals surface area contributed by atoms with Gasteiger partial charge in [0.1, 0.15) is 0 Å². The molecule has 0 aromatic carbocycles. The molecule has 0 aliphatic rings. The van der Waals surface area contributed by atoms with Crippen molar-refractivity contribution in [3.8, 4) is 0 Å². The van der Waals surface area contributed by atoms with Crippen molar-refractivity contribution in [2.45, 2.75) is 12.5 Å². The van der Waals surface area contributed by atoms with Crippen LogP contribution < -0.4 is 10.6 Å². The number of ether oxygens (including phenoxy) is 1. The van der Waals surface area contributed by atoms with E-state index in [0.29, 0.717) is 13.0 Å². The molecular formula is C12H17N3O4. The molecule has 1 aromatic rings. The monoisotopic (exact) mass is 267 g/mol. The van der Waals surface area contributed by atoms with Crippen molar-refractivity contribution in [1.29, 1.82) is 0 Å². The standard InChI is InChI=1S/C12H17N3O4/c1-19-10(11(16)17)8-15-12(18)14-7-5-9-4-2-3-6-13-9/h2-4,6,10H,5,7-8H2,1H3,(H,16,17)(H2,14,15,18). The summed E-state index contributed by atoms with van der Waals surface area (Å²) in [6, 6.07) is 5.13. The Kier molecular flexibility index (Phi) is 6.31. The number of pyridine rings is 1. The Hall–Kier alpha value is -2.15. The summed E-state index contributed by atoms with van der Waals surface area (Å²) in [5.74, 6) is -1.11. The number of hydrogen-bond donors (Lipinski definition) is 3. The Morgan fingerprint density at radius 2 is 2.21 bits per heavy atom. The molecule has 0 saturated carbocycles. The third kappa shape index (κ3) is 5.82. The van der Waals surface area contributed by atoms with E-state index in [0.717, 1.165) is 5.69 Å². The number of nitrogens with zero attached hydrogens (tertiary/aromatic N) is 1. The van der Waals surface area contributed by atoms with Crippen molar-refractivity contribution in [1.82, 2.24) is 15.6 Å². The SMILES string of the molecule is COC(CNC(=O)NCCc1ccccn1)C(=O)O. The number of carboxylic acid groups (broad SMARTS) is 1. The minimum atomic E-state index is -1.11. The number of amides is 2. The molecule has 0 spiro atoms. The van der Waals surface area contributed by atoms with E-state index in [-0.39, 0.29) is 6.54 Å². The van der Waals surface area contributed by atoms with Crippen molar-refractivity contribution >= 4 is 12.0 Å². The van der Waals surface area contributed by atoms with E-state index < -0.39 is 18.1 Å². The summed E-state index contributed by atoms with van der Waals surface area (Å²) in [6.07, 6.45) is 1.26. The van der Waals surface area contributed by atoms with Gasteiger partial charge in [-0.15, -0.1) is 0 Å². The molecule has 7 nitrogen and oxygen atoms in total. The van der Waals surface area contributed by atoms with Crippen LogP contribution in [0.5, 0.6) is 0 Å². The van der Waals surface area contributed by atoms with E-state index in [9.17, 15) is 9.59 Å². The highest BCUT2D eigenvalue weighted by Gasteiger charge is 2.16. The maximum Gasteiger partial charge on any atom is 0.334 e. The first kappa shape index (κ1) is 14.9. The van der Waals surface area contributed by atoms with Crippen LogP contribution in [0.1, 0.15) is 5.69 Å². The summed E-state index contributed by atoms with van der Waals surface area (Å²) in [6.45, 7) is 0.342. The van der Waals surface area contributed by atoms with Gasteiger partial charge in [0.05, 0.1) is 6.54 Å². The topological polar surface area (TPSA) is 101 Å². The Labute approximate surface area is 111 Å². The summed E-state index contributed by atoms with van der Waals surface area (Å²) in [5.41, 5.74) is 0.878. The van der Waals surface area contributed by atoms with E-state index in [2.05, 4.69) is 20.4 Å². The molecule has 7 heteroatoms. The van der Waals surface area contributed by atoms with Crippen molar-refractivity contribution in [3.05, 3.63) is 30.1 Å². The Morgan fingerprint density at radius 1 is 1.42 bits per heavy atom. The van der Waals surface area contributed by atoms with Gasteiger partial charge < -0.3 is 20.5 Å². The van der Waals surface area contributed by atoms with Gasteiger partial charge in [0, 0.05) is 32.0 Å². The quantitative estimate of drug-likeness (QED) is 0.646. The van der Waals surface area contributed by atoms with Crippen LogP contribution >= 0.6 is 0 Å². The van der Waals surface area contributed by atoms with Gasteiger partial charge in [-0.25, -0.2) is 9.59 Å². The number of carbonyl (C=O) groups is 2. The number of methoxy groups -OCH3 is 1. The fraction of sp³-hybridized carbons (Fsp3) is 0.417. The molecule has 1 unspecified atom stereocenters. The lowest BCUT2D eigenvalue weighted by atomic mass is 10.3. The van der Waals surface area contributed by atoms with Crippen LogP contribution in [0.15, 0.2) is 24.4 Å². The molecule has 1 aromatic heterocycles. The molecule has 0 radical (unpaired) electrons. The lowest BCUT2D eigenvalue weighted by Gasteiger charge is -2.12. The minimum absolute atomic E-state index is 0.0821. The van der Waals surface area contributed by atoms with Gasteiger partial charge in [-0.1, -0.05) is 6.07 Å². The fourth-order valence-electron chi connectivity index (χ4n) is 1.37. The van der Waals surface area contributed by atoms with Crippen molar-refractivity contribution in [3.63, 3.8) is 0 Å². The molecule has 0 aliphatic carbocycles. The third-order valence-corrected chi connectivity index (χ3v) is 2.40. The summed E-state index contributed by atoms with van der Waals surface area (Å²) >= 11 is 0. The van der Waals surface area contributed by atoms with Crippen molar-refractivity contribution in [2.75, 3.05) is 20.2 Å². The molecule has 0 bridgehead atoms. The molecule has 1 atom stereocenters. The maximum atomic E-state index is 11.4. The highest BCUT2D eigenvalue weighted by atomic mass is 16.5. The molecular weight excluding hydrogens is 250 g/mol. The van der Waals surface area contributed by atoms with E-state index in [4.69, 9.17) is 5.11 Å². The lowest BCUT2D eigenvalue weighted by molar-refractivity contribution is -0.147. The minimum Gasteiger partial charge on any atom is -0.479 e. The second kappa shape index (κ2) is 8.04. The fourth-order valence-corrected chi connectivity index (χ4v) is 1.37. The van der Waals surface area contributed by atoms with Gasteiger partial charge in [0.2, 0.25) is 0 Å². The Morgan fingerprint density at radius 3 is 2.79 bits per heavy atom. The van der Waals surface area contributed by atoms with Crippen LogP contribution in [-0.2, 0) is 16.0 Å². The van der Waals surface area contributed by atoms with E-state index in [1.807, 2.05) is 18.2 Å². The molecule has 1 rings (SSSR count). The van der Waals surface area contributed by atoms with Crippen LogP contribution in [0, 0.1) is 0 Å². The zero-order chi connectivity index (χ0) is 14.1. The number of nitrogens with one attached hydrogen (secondary N) is 2. The van der Waals surface area contributed by atoms with Crippen molar-refractivity contribution in [2.24, 2.45) is 0 Å². The van der Waals surface area contributed by atoms with Crippen molar-refractivity contribution < 1.29 is 19.4 Å². The zero-order valence-corrected chi connectivity index (χ0v) is 10.6. The highest BCUT2D eigenvalue weighted by Crippen LogP contribution is 1.93. The molecule has 0 fully saturated rings. The number of carboxylic acids is 1. The van der Waals surface area contributed by atoms with Gasteiger partial charge in [0.25, 0.3) is 0 Å². The predicted molar refractivity (Wildman–Crippen MR) is 67.8 cm³/mol. The smallest absolute Gasteiger partial charge is 0.334 e. The van der Waals surface area contributed by atoms with Gasteiger partial charge in [0.15, 0.2) is 6.10 Å². The van der Waals surface area contributed by atoms with E-state index in [1.54, 1.807) is 6.20 Å². The molecule has 1 heterocycles. The zero-order valence-electron chi connectivity index (χ0n) is 10.6. The second-order valence-corrected chi connectivity index (χ2v) is 3.77. The number of carbonyl (C=O) groups excluding carboxylic acids is 1. The largest absolute Gasteiger partial charge is 0.479 e. The van der Waals surface area contributed by atoms with Gasteiger partial charge in [-0.05, 0) is 12.1 Å². The van der Waals surface area contributed by atoms with Gasteiger partial charge in [-0.3, -0.25) is 4.98 Å². The number of aliphatic carboxylic acids is 1. The third-order valence-electron chi connectivity index (χ3n) is 2.40.